The summed E-state index contributed by atoms with van der Waals surface area (Å²) in [5.74, 6) is 0. The Morgan fingerprint density at radius 2 is 2.38 bits per heavy atom. The minimum absolute atomic E-state index is 0.00976. The largest absolute Gasteiger partial charge is 0.373 e. The van der Waals surface area contributed by atoms with Crippen molar-refractivity contribution in [3.63, 3.8) is 0 Å². The molecule has 1 atom stereocenters. The predicted octanol–water partition coefficient (Wildman–Crippen LogP) is 2.80. The molecule has 2 aliphatic rings. The topological polar surface area (TPSA) is 47.5 Å². The maximum Gasteiger partial charge on any atom is 0.107 e. The van der Waals surface area contributed by atoms with Crippen LogP contribution in [-0.2, 0) is 22.6 Å². The predicted molar refractivity (Wildman–Crippen MR) is 92.9 cm³/mol. The van der Waals surface area contributed by atoms with Gasteiger partial charge in [-0.3, -0.25) is 9.88 Å². The van der Waals surface area contributed by atoms with Gasteiger partial charge in [-0.25, -0.2) is 4.98 Å². The second-order valence-electron chi connectivity index (χ2n) is 6.85. The molecule has 0 aromatic carbocycles. The van der Waals surface area contributed by atoms with Crippen molar-refractivity contribution in [1.29, 1.82) is 0 Å². The summed E-state index contributed by atoms with van der Waals surface area (Å²) >= 11 is 1.74. The number of rotatable bonds is 5. The van der Waals surface area contributed by atoms with Crippen LogP contribution in [0.15, 0.2) is 29.9 Å². The highest BCUT2D eigenvalue weighted by Crippen LogP contribution is 2.36. The second kappa shape index (κ2) is 6.88. The Bertz CT molecular complexity index is 670. The van der Waals surface area contributed by atoms with Crippen LogP contribution < -0.4 is 0 Å². The number of thiazole rings is 1. The monoisotopic (exact) mass is 345 g/mol. The molecule has 2 aromatic heterocycles. The minimum atomic E-state index is -0.00976. The minimum Gasteiger partial charge on any atom is -0.373 e. The van der Waals surface area contributed by atoms with E-state index in [1.807, 2.05) is 19.2 Å². The van der Waals surface area contributed by atoms with E-state index < -0.39 is 0 Å². The summed E-state index contributed by atoms with van der Waals surface area (Å²) < 4.78 is 12.2. The van der Waals surface area contributed by atoms with E-state index in [0.717, 1.165) is 50.3 Å². The Balaban J connectivity index is 1.26. The molecule has 1 spiro atoms. The van der Waals surface area contributed by atoms with Crippen LogP contribution in [0.25, 0.3) is 0 Å². The first kappa shape index (κ1) is 16.1. The molecule has 24 heavy (non-hydrogen) atoms. The Morgan fingerprint density at radius 1 is 1.46 bits per heavy atom. The maximum absolute atomic E-state index is 6.11. The summed E-state index contributed by atoms with van der Waals surface area (Å²) in [4.78, 5) is 11.1. The molecule has 1 unspecified atom stereocenters. The average Bonchev–Trinajstić information content (AvgIpc) is 2.98. The van der Waals surface area contributed by atoms with Gasteiger partial charge in [-0.15, -0.1) is 11.3 Å². The van der Waals surface area contributed by atoms with Gasteiger partial charge in [-0.1, -0.05) is 6.07 Å². The normalized spacial score (nSPS) is 23.3. The summed E-state index contributed by atoms with van der Waals surface area (Å²) in [5.41, 5.74) is 2.24. The Hall–Kier alpha value is -1.34. The van der Waals surface area contributed by atoms with Crippen molar-refractivity contribution in [1.82, 2.24) is 14.9 Å². The van der Waals surface area contributed by atoms with Crippen LogP contribution in [0.1, 0.15) is 29.1 Å². The summed E-state index contributed by atoms with van der Waals surface area (Å²) in [6, 6.07) is 4.01. The highest BCUT2D eigenvalue weighted by atomic mass is 32.1. The van der Waals surface area contributed by atoms with E-state index in [4.69, 9.17) is 9.47 Å². The standard InChI is InChI=1S/C18H23N3O2S/c1-14-11-24-17(20-14)9-21-12-18(13-21)7-16(4-6-23-18)22-10-15-3-2-5-19-8-15/h2-3,5,8,11,16H,4,6-7,9-10,12-13H2,1H3. The van der Waals surface area contributed by atoms with Crippen molar-refractivity contribution in [2.75, 3.05) is 19.7 Å². The van der Waals surface area contributed by atoms with E-state index in [1.165, 1.54) is 5.01 Å². The Kier molecular flexibility index (Phi) is 4.63. The van der Waals surface area contributed by atoms with Gasteiger partial charge in [0.15, 0.2) is 0 Å². The van der Waals surface area contributed by atoms with Gasteiger partial charge in [-0.05, 0) is 25.0 Å². The first-order valence-electron chi connectivity index (χ1n) is 8.49. The number of hydrogen-bond acceptors (Lipinski definition) is 6. The van der Waals surface area contributed by atoms with Gasteiger partial charge in [0.25, 0.3) is 0 Å². The molecule has 2 saturated heterocycles. The fourth-order valence-corrected chi connectivity index (χ4v) is 4.40. The van der Waals surface area contributed by atoms with E-state index in [0.29, 0.717) is 6.61 Å². The van der Waals surface area contributed by atoms with Gasteiger partial charge in [-0.2, -0.15) is 0 Å². The smallest absolute Gasteiger partial charge is 0.107 e. The van der Waals surface area contributed by atoms with Crippen molar-refractivity contribution < 1.29 is 9.47 Å². The van der Waals surface area contributed by atoms with Crippen molar-refractivity contribution in [2.24, 2.45) is 0 Å². The Morgan fingerprint density at radius 3 is 3.12 bits per heavy atom. The van der Waals surface area contributed by atoms with Crippen molar-refractivity contribution in [2.45, 2.75) is 44.6 Å². The van der Waals surface area contributed by atoms with Crippen LogP contribution in [0, 0.1) is 6.92 Å². The lowest BCUT2D eigenvalue weighted by Gasteiger charge is -2.53. The van der Waals surface area contributed by atoms with Gasteiger partial charge in [0, 0.05) is 49.6 Å². The molecule has 2 fully saturated rings. The second-order valence-corrected chi connectivity index (χ2v) is 7.79. The first-order valence-corrected chi connectivity index (χ1v) is 9.37. The number of likely N-dealkylation sites (tertiary alicyclic amines) is 1. The molecule has 0 saturated carbocycles. The van der Waals surface area contributed by atoms with Crippen LogP contribution in [0.4, 0.5) is 0 Å². The molecule has 2 aromatic rings. The highest BCUT2D eigenvalue weighted by molar-refractivity contribution is 7.09. The van der Waals surface area contributed by atoms with Crippen LogP contribution in [0.5, 0.6) is 0 Å². The van der Waals surface area contributed by atoms with E-state index in [-0.39, 0.29) is 11.7 Å². The van der Waals surface area contributed by atoms with Gasteiger partial charge in [0.05, 0.1) is 24.9 Å². The number of aromatic nitrogens is 2. The van der Waals surface area contributed by atoms with Gasteiger partial charge >= 0.3 is 0 Å². The third-order valence-corrected chi connectivity index (χ3v) is 5.66. The lowest BCUT2D eigenvalue weighted by atomic mass is 9.84. The zero-order valence-corrected chi connectivity index (χ0v) is 14.8. The summed E-state index contributed by atoms with van der Waals surface area (Å²) in [6.07, 6.45) is 5.91. The maximum atomic E-state index is 6.11. The molecule has 5 nitrogen and oxygen atoms in total. The van der Waals surface area contributed by atoms with Crippen LogP contribution in [0.3, 0.4) is 0 Å². The summed E-state index contributed by atoms with van der Waals surface area (Å²) in [6.45, 7) is 6.38. The molecule has 0 aliphatic carbocycles. The summed E-state index contributed by atoms with van der Waals surface area (Å²) in [7, 11) is 0. The highest BCUT2D eigenvalue weighted by Gasteiger charge is 2.47. The molecular weight excluding hydrogens is 322 g/mol. The van der Waals surface area contributed by atoms with E-state index >= 15 is 0 Å². The van der Waals surface area contributed by atoms with Crippen LogP contribution in [-0.4, -0.2) is 46.3 Å². The third kappa shape index (κ3) is 3.67. The number of nitrogens with zero attached hydrogens (tertiary/aromatic N) is 3. The molecule has 4 heterocycles. The fourth-order valence-electron chi connectivity index (χ4n) is 3.59. The number of pyridine rings is 1. The molecule has 6 heteroatoms. The van der Waals surface area contributed by atoms with Crippen LogP contribution in [0.2, 0.25) is 0 Å². The first-order chi connectivity index (χ1) is 11.7. The molecule has 2 aliphatic heterocycles. The van der Waals surface area contributed by atoms with Crippen molar-refractivity contribution in [3.05, 3.63) is 46.2 Å². The SMILES string of the molecule is Cc1csc(CN2CC3(CC(OCc4cccnc4)CCO3)C2)n1. The molecule has 4 rings (SSSR count). The number of hydrogen-bond donors (Lipinski definition) is 0. The van der Waals surface area contributed by atoms with Gasteiger partial charge in [0.1, 0.15) is 5.01 Å². The molecule has 0 radical (unpaired) electrons. The average molecular weight is 345 g/mol. The van der Waals surface area contributed by atoms with E-state index in [1.54, 1.807) is 17.5 Å². The zero-order valence-electron chi connectivity index (χ0n) is 14.0. The van der Waals surface area contributed by atoms with E-state index in [9.17, 15) is 0 Å². The van der Waals surface area contributed by atoms with Crippen molar-refractivity contribution in [3.8, 4) is 0 Å². The molecule has 128 valence electrons. The summed E-state index contributed by atoms with van der Waals surface area (Å²) in [5, 5.41) is 3.31. The number of aryl methyl sites for hydroxylation is 1. The van der Waals surface area contributed by atoms with Crippen LogP contribution >= 0.6 is 11.3 Å². The Labute approximate surface area is 146 Å². The molecule has 0 amide bonds. The van der Waals surface area contributed by atoms with Gasteiger partial charge in [0.2, 0.25) is 0 Å². The quantitative estimate of drug-likeness (QED) is 0.834. The third-order valence-electron chi connectivity index (χ3n) is 4.71. The van der Waals surface area contributed by atoms with E-state index in [2.05, 4.69) is 26.3 Å². The lowest BCUT2D eigenvalue weighted by molar-refractivity contribution is -0.200. The molecular formula is C18H23N3O2S. The fraction of sp³-hybridized carbons (Fsp3) is 0.556. The lowest BCUT2D eigenvalue weighted by Crippen LogP contribution is -2.65. The molecule has 0 N–H and O–H groups in total. The van der Waals surface area contributed by atoms with Crippen molar-refractivity contribution >= 4 is 11.3 Å². The zero-order chi connectivity index (χ0) is 16.4. The van der Waals surface area contributed by atoms with Gasteiger partial charge < -0.3 is 9.47 Å². The molecule has 0 bridgehead atoms. The number of ether oxygens (including phenoxy) is 2.